The molecule has 4 rings (SSSR count). The van der Waals surface area contributed by atoms with E-state index >= 15 is 0 Å². The quantitative estimate of drug-likeness (QED) is 0.738. The molecule has 1 aliphatic heterocycles. The lowest BCUT2D eigenvalue weighted by Gasteiger charge is -2.18. The summed E-state index contributed by atoms with van der Waals surface area (Å²) in [5.41, 5.74) is 8.88. The van der Waals surface area contributed by atoms with Crippen molar-refractivity contribution in [2.24, 2.45) is 0 Å². The van der Waals surface area contributed by atoms with Gasteiger partial charge in [0.05, 0.1) is 30.3 Å². The van der Waals surface area contributed by atoms with Crippen molar-refractivity contribution in [1.82, 2.24) is 14.5 Å². The summed E-state index contributed by atoms with van der Waals surface area (Å²) in [6, 6.07) is 8.23. The summed E-state index contributed by atoms with van der Waals surface area (Å²) in [5, 5.41) is 1.08. The third-order valence-electron chi connectivity index (χ3n) is 4.21. The van der Waals surface area contributed by atoms with Gasteiger partial charge in [-0.1, -0.05) is 18.2 Å². The number of hydrogen-bond acceptors (Lipinski definition) is 4. The Morgan fingerprint density at radius 2 is 2.18 bits per heavy atom. The van der Waals surface area contributed by atoms with E-state index in [4.69, 9.17) is 27.1 Å². The van der Waals surface area contributed by atoms with Gasteiger partial charge in [-0.25, -0.2) is 9.97 Å². The van der Waals surface area contributed by atoms with Gasteiger partial charge in [0.2, 0.25) is 0 Å². The molecule has 3 heterocycles. The highest BCUT2D eigenvalue weighted by atomic mass is 35.5. The van der Waals surface area contributed by atoms with Crippen molar-refractivity contribution in [3.8, 4) is 0 Å². The van der Waals surface area contributed by atoms with Gasteiger partial charge in [0.15, 0.2) is 5.82 Å². The predicted molar refractivity (Wildman–Crippen MR) is 88.3 cm³/mol. The number of anilines is 1. The summed E-state index contributed by atoms with van der Waals surface area (Å²) < 4.78 is 7.99. The Bertz CT molecular complexity index is 845. The number of nitrogens with zero attached hydrogens (tertiary/aromatic N) is 3. The van der Waals surface area contributed by atoms with Crippen LogP contribution in [0.5, 0.6) is 0 Å². The van der Waals surface area contributed by atoms with E-state index < -0.39 is 0 Å². The fraction of sp³-hybridized carbons (Fsp3) is 0.375. The zero-order valence-electron chi connectivity index (χ0n) is 12.1. The predicted octanol–water partition coefficient (Wildman–Crippen LogP) is 2.91. The zero-order valence-corrected chi connectivity index (χ0v) is 12.9. The fourth-order valence-electron chi connectivity index (χ4n) is 3.23. The molecule has 0 unspecified atom stereocenters. The highest BCUT2D eigenvalue weighted by molar-refractivity contribution is 6.17. The minimum Gasteiger partial charge on any atom is -0.382 e. The topological polar surface area (TPSA) is 66.0 Å². The molecule has 2 aromatic heterocycles. The van der Waals surface area contributed by atoms with E-state index in [1.807, 2.05) is 18.2 Å². The number of fused-ring (bicyclic) bond motifs is 5. The van der Waals surface area contributed by atoms with E-state index in [0.29, 0.717) is 24.9 Å². The number of halogens is 1. The number of rotatable bonds is 2. The molecule has 0 saturated carbocycles. The second-order valence-electron chi connectivity index (χ2n) is 5.57. The van der Waals surface area contributed by atoms with Gasteiger partial charge in [0.25, 0.3) is 0 Å². The number of benzene rings is 1. The molecule has 1 aliphatic rings. The molecule has 1 atom stereocenters. The molecule has 6 heteroatoms. The molecule has 1 aromatic carbocycles. The number of nitrogens with two attached hydrogens (primary N) is 1. The molecule has 22 heavy (non-hydrogen) atoms. The van der Waals surface area contributed by atoms with Gasteiger partial charge in [-0.05, 0) is 12.5 Å². The van der Waals surface area contributed by atoms with Crippen LogP contribution in [-0.4, -0.2) is 33.6 Å². The summed E-state index contributed by atoms with van der Waals surface area (Å²) >= 11 is 6.00. The van der Waals surface area contributed by atoms with Crippen molar-refractivity contribution < 1.29 is 4.74 Å². The van der Waals surface area contributed by atoms with Gasteiger partial charge in [-0.2, -0.15) is 0 Å². The van der Waals surface area contributed by atoms with E-state index in [1.54, 1.807) is 0 Å². The van der Waals surface area contributed by atoms with Gasteiger partial charge in [-0.15, -0.1) is 11.6 Å². The zero-order chi connectivity index (χ0) is 15.1. The monoisotopic (exact) mass is 316 g/mol. The first-order valence-electron chi connectivity index (χ1n) is 7.48. The third-order valence-corrected chi connectivity index (χ3v) is 4.43. The van der Waals surface area contributed by atoms with Crippen LogP contribution in [0.3, 0.4) is 0 Å². The normalized spacial score (nSPS) is 18.5. The second-order valence-corrected chi connectivity index (χ2v) is 5.94. The van der Waals surface area contributed by atoms with Gasteiger partial charge < -0.3 is 15.0 Å². The van der Waals surface area contributed by atoms with Crippen molar-refractivity contribution in [2.45, 2.75) is 18.9 Å². The van der Waals surface area contributed by atoms with Crippen LogP contribution >= 0.6 is 11.6 Å². The minimum atomic E-state index is 0.185. The van der Waals surface area contributed by atoms with Crippen LogP contribution in [-0.2, 0) is 11.2 Å². The molecule has 0 aliphatic carbocycles. The molecule has 0 spiro atoms. The minimum absolute atomic E-state index is 0.185. The summed E-state index contributed by atoms with van der Waals surface area (Å²) in [7, 11) is 0. The maximum absolute atomic E-state index is 6.15. The Balaban J connectivity index is 2.10. The van der Waals surface area contributed by atoms with Gasteiger partial charge >= 0.3 is 0 Å². The van der Waals surface area contributed by atoms with Crippen LogP contribution in [0.2, 0.25) is 0 Å². The summed E-state index contributed by atoms with van der Waals surface area (Å²) in [4.78, 5) is 9.23. The van der Waals surface area contributed by atoms with Crippen LogP contribution in [0.1, 0.15) is 18.3 Å². The van der Waals surface area contributed by atoms with Crippen molar-refractivity contribution in [3.05, 3.63) is 30.1 Å². The lowest BCUT2D eigenvalue weighted by atomic mass is 10.1. The van der Waals surface area contributed by atoms with Crippen molar-refractivity contribution >= 4 is 39.4 Å². The first-order valence-corrected chi connectivity index (χ1v) is 8.02. The Kier molecular flexibility index (Phi) is 3.39. The number of imidazole rings is 1. The number of hydrogen-bond donors (Lipinski definition) is 1. The molecule has 5 nitrogen and oxygen atoms in total. The SMILES string of the molecule is Nc1nc2ccccc2c2c1nc1n2[C@@H](CCCl)COCC1. The van der Waals surface area contributed by atoms with Gasteiger partial charge in [0.1, 0.15) is 11.3 Å². The summed E-state index contributed by atoms with van der Waals surface area (Å²) in [5.74, 6) is 2.08. The summed E-state index contributed by atoms with van der Waals surface area (Å²) in [6.07, 6.45) is 1.62. The number of aromatic nitrogens is 3. The Hall–Kier alpha value is -1.85. The maximum Gasteiger partial charge on any atom is 0.152 e. The van der Waals surface area contributed by atoms with E-state index in [9.17, 15) is 0 Å². The lowest BCUT2D eigenvalue weighted by Crippen LogP contribution is -2.15. The van der Waals surface area contributed by atoms with Gasteiger partial charge in [0, 0.05) is 17.7 Å². The van der Waals surface area contributed by atoms with Crippen LogP contribution in [0.4, 0.5) is 5.82 Å². The largest absolute Gasteiger partial charge is 0.382 e. The van der Waals surface area contributed by atoms with E-state index in [1.165, 1.54) is 0 Å². The maximum atomic E-state index is 6.15. The first-order chi connectivity index (χ1) is 10.8. The Morgan fingerprint density at radius 1 is 1.32 bits per heavy atom. The third kappa shape index (κ3) is 2.04. The average Bonchev–Trinajstić information content (AvgIpc) is 2.80. The molecule has 0 radical (unpaired) electrons. The molecule has 0 amide bonds. The van der Waals surface area contributed by atoms with Crippen molar-refractivity contribution in [2.75, 3.05) is 24.8 Å². The van der Waals surface area contributed by atoms with Crippen molar-refractivity contribution in [1.29, 1.82) is 0 Å². The average molecular weight is 317 g/mol. The number of ether oxygens (including phenoxy) is 1. The van der Waals surface area contributed by atoms with Crippen LogP contribution < -0.4 is 5.73 Å². The number of para-hydroxylation sites is 1. The van der Waals surface area contributed by atoms with Gasteiger partial charge in [-0.3, -0.25) is 0 Å². The van der Waals surface area contributed by atoms with Crippen LogP contribution in [0.25, 0.3) is 21.9 Å². The smallest absolute Gasteiger partial charge is 0.152 e. The van der Waals surface area contributed by atoms with Crippen molar-refractivity contribution in [3.63, 3.8) is 0 Å². The standard InChI is InChI=1S/C16H17ClN4O/c17-7-5-10-9-22-8-6-13-20-14-15(21(10)13)11-3-1-2-4-12(11)19-16(14)18/h1-4,10H,5-9H2,(H2,18,19)/t10-/m0/s1. The number of pyridine rings is 1. The molecule has 114 valence electrons. The van der Waals surface area contributed by atoms with Crippen LogP contribution in [0.15, 0.2) is 24.3 Å². The Morgan fingerprint density at radius 3 is 3.05 bits per heavy atom. The van der Waals surface area contributed by atoms with E-state index in [0.717, 1.165) is 40.6 Å². The number of nitrogen functional groups attached to an aromatic ring is 1. The molecule has 0 saturated heterocycles. The molecule has 0 fully saturated rings. The molecular weight excluding hydrogens is 300 g/mol. The molecule has 2 N–H and O–H groups in total. The fourth-order valence-corrected chi connectivity index (χ4v) is 3.49. The molecule has 0 bridgehead atoms. The Labute approximate surface area is 133 Å². The van der Waals surface area contributed by atoms with E-state index in [2.05, 4.69) is 15.6 Å². The first kappa shape index (κ1) is 13.8. The summed E-state index contributed by atoms with van der Waals surface area (Å²) in [6.45, 7) is 1.33. The molecule has 3 aromatic rings. The lowest BCUT2D eigenvalue weighted by molar-refractivity contribution is 0.118. The highest BCUT2D eigenvalue weighted by Gasteiger charge is 2.24. The van der Waals surface area contributed by atoms with E-state index in [-0.39, 0.29) is 6.04 Å². The number of alkyl halides is 1. The van der Waals surface area contributed by atoms with Crippen LogP contribution in [0, 0.1) is 0 Å². The second kappa shape index (κ2) is 5.41. The highest BCUT2D eigenvalue weighted by Crippen LogP contribution is 2.33. The molecular formula is C16H17ClN4O.